The number of ether oxygens (including phenoxy) is 5. The first-order chi connectivity index (χ1) is 24.7. The first kappa shape index (κ1) is 32.8. The Balaban J connectivity index is 1.18. The summed E-state index contributed by atoms with van der Waals surface area (Å²) in [6, 6.07) is 50.7. The molecule has 7 rings (SSSR count). The summed E-state index contributed by atoms with van der Waals surface area (Å²) in [4.78, 5) is 0. The zero-order chi connectivity index (χ0) is 34.0. The second-order valence-corrected chi connectivity index (χ2v) is 12.3. The topological polar surface area (TPSA) is 58.2 Å². The van der Waals surface area contributed by atoms with Crippen LogP contribution in [0.1, 0.15) is 39.5 Å². The van der Waals surface area contributed by atoms with Crippen LogP contribution in [-0.4, -0.2) is 13.1 Å². The number of likely N-dealkylation sites (N-methyl/N-ethyl adjacent to an activating group) is 1. The van der Waals surface area contributed by atoms with Crippen LogP contribution in [0.25, 0.3) is 0 Å². The molecule has 0 amide bonds. The van der Waals surface area contributed by atoms with Crippen molar-refractivity contribution in [1.29, 1.82) is 0 Å². The van der Waals surface area contributed by atoms with Crippen LogP contribution in [0.15, 0.2) is 152 Å². The Labute approximate surface area is 294 Å². The Bertz CT molecular complexity index is 1950. The lowest BCUT2D eigenvalue weighted by Gasteiger charge is -2.35. The van der Waals surface area contributed by atoms with Crippen molar-refractivity contribution in [3.05, 3.63) is 185 Å². The van der Waals surface area contributed by atoms with Gasteiger partial charge in [-0.05, 0) is 53.4 Å². The Morgan fingerprint density at radius 1 is 0.520 bits per heavy atom. The summed E-state index contributed by atoms with van der Waals surface area (Å²) in [7, 11) is 1.97. The number of nitrogens with one attached hydrogen (secondary N) is 1. The molecule has 6 heteroatoms. The fourth-order valence-electron chi connectivity index (χ4n) is 6.09. The van der Waals surface area contributed by atoms with Gasteiger partial charge in [0.1, 0.15) is 49.8 Å². The molecule has 1 aliphatic heterocycles. The van der Waals surface area contributed by atoms with E-state index in [1.54, 1.807) is 0 Å². The molecule has 252 valence electrons. The van der Waals surface area contributed by atoms with Crippen molar-refractivity contribution >= 4 is 0 Å². The predicted molar refractivity (Wildman–Crippen MR) is 196 cm³/mol. The van der Waals surface area contributed by atoms with Crippen LogP contribution >= 0.6 is 0 Å². The zero-order valence-corrected chi connectivity index (χ0v) is 28.2. The first-order valence-electron chi connectivity index (χ1n) is 17.0. The molecule has 6 aromatic rings. The maximum atomic E-state index is 6.87. The molecule has 0 spiro atoms. The summed E-state index contributed by atoms with van der Waals surface area (Å²) < 4.78 is 32.4. The van der Waals surface area contributed by atoms with Crippen LogP contribution < -0.4 is 29.0 Å². The Morgan fingerprint density at radius 2 is 1.00 bits per heavy atom. The quantitative estimate of drug-likeness (QED) is 0.125. The van der Waals surface area contributed by atoms with E-state index in [4.69, 9.17) is 23.7 Å². The van der Waals surface area contributed by atoms with Gasteiger partial charge < -0.3 is 29.0 Å². The Hall–Kier alpha value is -5.72. The zero-order valence-electron chi connectivity index (χ0n) is 28.2. The van der Waals surface area contributed by atoms with Crippen molar-refractivity contribution in [3.63, 3.8) is 0 Å². The average molecular weight is 664 g/mol. The molecule has 50 heavy (non-hydrogen) atoms. The second-order valence-electron chi connectivity index (χ2n) is 12.3. The van der Waals surface area contributed by atoms with E-state index in [-0.39, 0.29) is 12.1 Å². The summed E-state index contributed by atoms with van der Waals surface area (Å²) >= 11 is 0. The molecule has 6 aromatic carbocycles. The normalized spacial score (nSPS) is 15.0. The van der Waals surface area contributed by atoms with Gasteiger partial charge in [-0.15, -0.1) is 0 Å². The molecule has 0 unspecified atom stereocenters. The second kappa shape index (κ2) is 16.1. The Morgan fingerprint density at radius 3 is 1.52 bits per heavy atom. The minimum absolute atomic E-state index is 0.0317. The minimum Gasteiger partial charge on any atom is -0.489 e. The minimum atomic E-state index is -0.305. The number of rotatable bonds is 14. The molecule has 0 fully saturated rings. The van der Waals surface area contributed by atoms with E-state index in [0.29, 0.717) is 50.1 Å². The van der Waals surface area contributed by atoms with Gasteiger partial charge in [0.2, 0.25) is 0 Å². The summed E-state index contributed by atoms with van der Waals surface area (Å²) in [5, 5.41) is 3.51. The highest BCUT2D eigenvalue weighted by Gasteiger charge is 2.34. The molecule has 0 aromatic heterocycles. The van der Waals surface area contributed by atoms with Crippen molar-refractivity contribution < 1.29 is 23.7 Å². The summed E-state index contributed by atoms with van der Waals surface area (Å²) in [6.07, 6.45) is 0.396. The van der Waals surface area contributed by atoms with E-state index in [9.17, 15) is 0 Å². The lowest BCUT2D eigenvalue weighted by molar-refractivity contribution is 0.134. The van der Waals surface area contributed by atoms with Crippen LogP contribution in [0, 0.1) is 0 Å². The fraction of sp³-hybridized carbons (Fsp3) is 0.182. The number of hydrogen-bond acceptors (Lipinski definition) is 6. The third kappa shape index (κ3) is 8.28. The van der Waals surface area contributed by atoms with Crippen LogP contribution in [0.2, 0.25) is 0 Å². The van der Waals surface area contributed by atoms with Gasteiger partial charge in [-0.1, -0.05) is 127 Å². The largest absolute Gasteiger partial charge is 0.489 e. The highest BCUT2D eigenvalue weighted by atomic mass is 16.5. The van der Waals surface area contributed by atoms with E-state index in [2.05, 4.69) is 59.9 Å². The molecular formula is C44H41NO5. The van der Waals surface area contributed by atoms with Gasteiger partial charge in [0.15, 0.2) is 11.5 Å². The molecule has 1 heterocycles. The fourth-order valence-corrected chi connectivity index (χ4v) is 6.09. The summed E-state index contributed by atoms with van der Waals surface area (Å²) in [6.45, 7) is 1.73. The molecule has 0 saturated carbocycles. The van der Waals surface area contributed by atoms with Gasteiger partial charge in [0, 0.05) is 17.7 Å². The summed E-state index contributed by atoms with van der Waals surface area (Å²) in [5.41, 5.74) is 6.33. The SMILES string of the molecule is CN[C@@H]1Cc2c(OCc3ccccc3)cc(OCc3ccccc3)cc2O[C@@H]1c1ccc(OCc2ccccc2)c(OCc2ccccc2)c1. The maximum absolute atomic E-state index is 6.87. The van der Waals surface area contributed by atoms with Crippen LogP contribution in [0.3, 0.4) is 0 Å². The van der Waals surface area contributed by atoms with E-state index in [1.807, 2.05) is 104 Å². The Kier molecular flexibility index (Phi) is 10.6. The lowest BCUT2D eigenvalue weighted by atomic mass is 9.91. The van der Waals surface area contributed by atoms with Gasteiger partial charge in [0.05, 0.1) is 6.04 Å². The lowest BCUT2D eigenvalue weighted by Crippen LogP contribution is -2.40. The predicted octanol–water partition coefficient (Wildman–Crippen LogP) is 9.27. The van der Waals surface area contributed by atoms with Crippen molar-refractivity contribution in [2.24, 2.45) is 0 Å². The first-order valence-corrected chi connectivity index (χ1v) is 17.0. The third-order valence-electron chi connectivity index (χ3n) is 8.81. The number of hydrogen-bond donors (Lipinski definition) is 1. The van der Waals surface area contributed by atoms with Crippen LogP contribution in [0.5, 0.6) is 28.7 Å². The monoisotopic (exact) mass is 663 g/mol. The number of fused-ring (bicyclic) bond motifs is 1. The summed E-state index contributed by atoms with van der Waals surface area (Å²) in [5.74, 6) is 3.53. The molecule has 0 radical (unpaired) electrons. The van der Waals surface area contributed by atoms with E-state index in [1.165, 1.54) is 0 Å². The standard InChI is InChI=1S/C44H41NO5/c1-45-39-27-38-41(48-30-34-18-10-4-11-19-34)25-37(46-28-32-14-6-2-7-15-32)26-42(38)50-44(39)36-22-23-40(47-29-33-16-8-3-9-17-33)43(24-36)49-31-35-20-12-5-13-21-35/h2-26,39,44-45H,27-31H2,1H3/t39-,44-/m1/s1. The van der Waals surface area contributed by atoms with E-state index >= 15 is 0 Å². The highest BCUT2D eigenvalue weighted by molar-refractivity contribution is 5.54. The third-order valence-corrected chi connectivity index (χ3v) is 8.81. The maximum Gasteiger partial charge on any atom is 0.162 e. The molecule has 2 atom stereocenters. The van der Waals surface area contributed by atoms with Gasteiger partial charge in [-0.25, -0.2) is 0 Å². The van der Waals surface area contributed by atoms with Crippen molar-refractivity contribution in [1.82, 2.24) is 5.32 Å². The molecular weight excluding hydrogens is 622 g/mol. The van der Waals surface area contributed by atoms with Crippen molar-refractivity contribution in [2.45, 2.75) is 45.0 Å². The number of benzene rings is 6. The van der Waals surface area contributed by atoms with E-state index in [0.717, 1.165) is 44.9 Å². The van der Waals surface area contributed by atoms with Gasteiger partial charge in [-0.3, -0.25) is 0 Å². The average Bonchev–Trinajstić information content (AvgIpc) is 3.18. The van der Waals surface area contributed by atoms with Crippen LogP contribution in [0.4, 0.5) is 0 Å². The van der Waals surface area contributed by atoms with Gasteiger partial charge in [-0.2, -0.15) is 0 Å². The van der Waals surface area contributed by atoms with Crippen molar-refractivity contribution in [3.8, 4) is 28.7 Å². The molecule has 6 nitrogen and oxygen atoms in total. The molecule has 0 saturated heterocycles. The highest BCUT2D eigenvalue weighted by Crippen LogP contribution is 2.44. The van der Waals surface area contributed by atoms with Crippen LogP contribution in [-0.2, 0) is 32.8 Å². The van der Waals surface area contributed by atoms with E-state index < -0.39 is 0 Å². The molecule has 0 bridgehead atoms. The van der Waals surface area contributed by atoms with Crippen molar-refractivity contribution in [2.75, 3.05) is 7.05 Å². The van der Waals surface area contributed by atoms with Gasteiger partial charge in [0.25, 0.3) is 0 Å². The smallest absolute Gasteiger partial charge is 0.162 e. The molecule has 1 aliphatic rings. The van der Waals surface area contributed by atoms with Gasteiger partial charge >= 0.3 is 0 Å². The molecule has 0 aliphatic carbocycles. The molecule has 1 N–H and O–H groups in total.